The van der Waals surface area contributed by atoms with Crippen molar-refractivity contribution in [2.75, 3.05) is 5.75 Å². The molecule has 1 aromatic rings. The Kier molecular flexibility index (Phi) is 6.32. The first kappa shape index (κ1) is 16.1. The van der Waals surface area contributed by atoms with Crippen molar-refractivity contribution in [3.05, 3.63) is 23.4 Å². The number of carbonyl (C=O) groups is 2. The van der Waals surface area contributed by atoms with Crippen molar-refractivity contribution in [3.63, 3.8) is 0 Å². The van der Waals surface area contributed by atoms with Crippen LogP contribution in [0.4, 0.5) is 4.79 Å². The predicted octanol–water partition coefficient (Wildman–Crippen LogP) is 2.99. The number of hydrogen-bond donors (Lipinski definition) is 2. The van der Waals surface area contributed by atoms with Crippen LogP contribution in [0, 0.1) is 0 Å². The van der Waals surface area contributed by atoms with Gasteiger partial charge in [0.15, 0.2) is 0 Å². The number of pyridine rings is 1. The summed E-state index contributed by atoms with van der Waals surface area (Å²) in [6.07, 6.45) is 6.17. The van der Waals surface area contributed by atoms with Crippen LogP contribution in [0.1, 0.15) is 32.1 Å². The normalized spacial score (nSPS) is 14.9. The number of thioether (sulfide) groups is 1. The number of aromatic nitrogens is 1. The Labute approximate surface area is 133 Å². The Morgan fingerprint density at radius 3 is 2.86 bits per heavy atom. The molecule has 1 saturated carbocycles. The van der Waals surface area contributed by atoms with Crippen LogP contribution in [0.5, 0.6) is 0 Å². The fourth-order valence-electron chi connectivity index (χ4n) is 2.20. The second kappa shape index (κ2) is 8.24. The first-order valence-corrected chi connectivity index (χ1v) is 8.35. The number of amides is 3. The number of nitrogens with one attached hydrogen (secondary N) is 2. The first-order valence-electron chi connectivity index (χ1n) is 6.99. The monoisotopic (exact) mass is 327 g/mol. The number of urea groups is 1. The minimum absolute atomic E-state index is 0.208. The molecule has 5 nitrogen and oxygen atoms in total. The zero-order valence-electron chi connectivity index (χ0n) is 11.6. The molecule has 0 aliphatic heterocycles. The van der Waals surface area contributed by atoms with Gasteiger partial charge in [-0.2, -0.15) is 0 Å². The fourth-order valence-corrected chi connectivity index (χ4v) is 3.31. The molecule has 1 fully saturated rings. The van der Waals surface area contributed by atoms with Gasteiger partial charge in [-0.25, -0.2) is 9.78 Å². The van der Waals surface area contributed by atoms with E-state index < -0.39 is 6.03 Å². The molecule has 3 amide bonds. The van der Waals surface area contributed by atoms with Gasteiger partial charge in [-0.1, -0.05) is 24.4 Å². The number of rotatable bonds is 5. The molecule has 0 unspecified atom stereocenters. The highest BCUT2D eigenvalue weighted by atomic mass is 35.5. The van der Waals surface area contributed by atoms with E-state index in [-0.39, 0.29) is 18.4 Å². The van der Waals surface area contributed by atoms with E-state index in [1.165, 1.54) is 11.8 Å². The summed E-state index contributed by atoms with van der Waals surface area (Å²) in [7, 11) is 0. The maximum Gasteiger partial charge on any atom is 0.321 e. The quantitative estimate of drug-likeness (QED) is 0.816. The third-order valence-corrected chi connectivity index (χ3v) is 4.66. The summed E-state index contributed by atoms with van der Waals surface area (Å²) in [5.41, 5.74) is 0. The van der Waals surface area contributed by atoms with Crippen molar-refractivity contribution >= 4 is 35.3 Å². The molecule has 0 atom stereocenters. The van der Waals surface area contributed by atoms with Gasteiger partial charge in [0.1, 0.15) is 5.03 Å². The maximum atomic E-state index is 11.7. The second-order valence-corrected chi connectivity index (χ2v) is 6.38. The summed E-state index contributed by atoms with van der Waals surface area (Å²) < 4.78 is 0. The van der Waals surface area contributed by atoms with E-state index in [0.29, 0.717) is 15.8 Å². The molecule has 1 aliphatic carbocycles. The van der Waals surface area contributed by atoms with E-state index in [9.17, 15) is 9.59 Å². The maximum absolute atomic E-state index is 11.7. The van der Waals surface area contributed by atoms with Crippen molar-refractivity contribution in [3.8, 4) is 0 Å². The smallest absolute Gasteiger partial charge is 0.321 e. The van der Waals surface area contributed by atoms with Crippen LogP contribution in [-0.2, 0) is 4.79 Å². The highest BCUT2D eigenvalue weighted by Crippen LogP contribution is 2.24. The largest absolute Gasteiger partial charge is 0.335 e. The van der Waals surface area contributed by atoms with Crippen LogP contribution >= 0.6 is 23.4 Å². The highest BCUT2D eigenvalue weighted by molar-refractivity contribution is 7.99. The van der Waals surface area contributed by atoms with Crippen LogP contribution in [0.15, 0.2) is 23.4 Å². The van der Waals surface area contributed by atoms with Crippen molar-refractivity contribution in [2.24, 2.45) is 0 Å². The Morgan fingerprint density at radius 1 is 1.38 bits per heavy atom. The van der Waals surface area contributed by atoms with Crippen molar-refractivity contribution in [1.82, 2.24) is 15.6 Å². The number of halogens is 1. The topological polar surface area (TPSA) is 71.1 Å². The van der Waals surface area contributed by atoms with Gasteiger partial charge in [0.2, 0.25) is 5.91 Å². The summed E-state index contributed by atoms with van der Waals surface area (Å²) in [5.74, 6) is 0.240. The minimum atomic E-state index is -0.396. The van der Waals surface area contributed by atoms with Gasteiger partial charge >= 0.3 is 6.03 Å². The van der Waals surface area contributed by atoms with E-state index in [0.717, 1.165) is 25.7 Å². The van der Waals surface area contributed by atoms with Crippen LogP contribution in [0.25, 0.3) is 0 Å². The van der Waals surface area contributed by atoms with Crippen LogP contribution in [-0.4, -0.2) is 28.7 Å². The van der Waals surface area contributed by atoms with Crippen molar-refractivity contribution in [1.29, 1.82) is 0 Å². The molecular formula is C14H18ClN3O2S. The standard InChI is InChI=1S/C14H18ClN3O2S/c15-11-6-3-8-16-13(11)21-9-7-12(19)18-14(20)17-10-4-1-2-5-10/h3,6,8,10H,1-2,4-5,7,9H2,(H2,17,18,19,20). The highest BCUT2D eigenvalue weighted by Gasteiger charge is 2.18. The summed E-state index contributed by atoms with van der Waals surface area (Å²) >= 11 is 7.37. The molecule has 2 rings (SSSR count). The van der Waals surface area contributed by atoms with Gasteiger partial charge in [-0.3, -0.25) is 10.1 Å². The third-order valence-electron chi connectivity index (χ3n) is 3.24. The van der Waals surface area contributed by atoms with Crippen LogP contribution in [0.3, 0.4) is 0 Å². The molecule has 1 aliphatic rings. The zero-order valence-corrected chi connectivity index (χ0v) is 13.2. The molecule has 1 heterocycles. The van der Waals surface area contributed by atoms with Gasteiger partial charge in [-0.05, 0) is 25.0 Å². The van der Waals surface area contributed by atoms with Gasteiger partial charge in [0, 0.05) is 24.4 Å². The number of imide groups is 1. The molecule has 0 spiro atoms. The van der Waals surface area contributed by atoms with Gasteiger partial charge < -0.3 is 5.32 Å². The molecule has 0 aromatic carbocycles. The molecular weight excluding hydrogens is 310 g/mol. The lowest BCUT2D eigenvalue weighted by molar-refractivity contribution is -0.119. The van der Waals surface area contributed by atoms with E-state index in [2.05, 4.69) is 15.6 Å². The van der Waals surface area contributed by atoms with Crippen molar-refractivity contribution < 1.29 is 9.59 Å². The van der Waals surface area contributed by atoms with Gasteiger partial charge in [0.05, 0.1) is 5.02 Å². The van der Waals surface area contributed by atoms with E-state index in [1.54, 1.807) is 18.3 Å². The number of carbonyl (C=O) groups excluding carboxylic acids is 2. The average Bonchev–Trinajstić information content (AvgIpc) is 2.93. The van der Waals surface area contributed by atoms with Crippen LogP contribution < -0.4 is 10.6 Å². The summed E-state index contributed by atoms with van der Waals surface area (Å²) in [4.78, 5) is 27.4. The molecule has 7 heteroatoms. The summed E-state index contributed by atoms with van der Waals surface area (Å²) in [5, 5.41) is 6.44. The molecule has 0 saturated heterocycles. The predicted molar refractivity (Wildman–Crippen MR) is 83.5 cm³/mol. The third kappa shape index (κ3) is 5.55. The first-order chi connectivity index (χ1) is 10.1. The summed E-state index contributed by atoms with van der Waals surface area (Å²) in [6.45, 7) is 0. The molecule has 0 radical (unpaired) electrons. The Morgan fingerprint density at radius 2 is 2.14 bits per heavy atom. The molecule has 2 N–H and O–H groups in total. The van der Waals surface area contributed by atoms with E-state index in [1.807, 2.05) is 0 Å². The van der Waals surface area contributed by atoms with E-state index in [4.69, 9.17) is 11.6 Å². The SMILES string of the molecule is O=C(CCSc1ncccc1Cl)NC(=O)NC1CCCC1. The lowest BCUT2D eigenvalue weighted by atomic mass is 10.2. The second-order valence-electron chi connectivity index (χ2n) is 4.89. The van der Waals surface area contributed by atoms with Gasteiger partial charge in [-0.15, -0.1) is 11.8 Å². The zero-order chi connectivity index (χ0) is 15.1. The number of hydrogen-bond acceptors (Lipinski definition) is 4. The Hall–Kier alpha value is -1.27. The average molecular weight is 328 g/mol. The molecule has 1 aromatic heterocycles. The van der Waals surface area contributed by atoms with Gasteiger partial charge in [0.25, 0.3) is 0 Å². The fraction of sp³-hybridized carbons (Fsp3) is 0.500. The lowest BCUT2D eigenvalue weighted by Crippen LogP contribution is -2.43. The number of nitrogens with zero attached hydrogens (tertiary/aromatic N) is 1. The molecule has 21 heavy (non-hydrogen) atoms. The molecule has 114 valence electrons. The van der Waals surface area contributed by atoms with E-state index >= 15 is 0 Å². The Balaban J connectivity index is 1.65. The minimum Gasteiger partial charge on any atom is -0.335 e. The summed E-state index contributed by atoms with van der Waals surface area (Å²) in [6, 6.07) is 3.32. The van der Waals surface area contributed by atoms with Crippen molar-refractivity contribution in [2.45, 2.75) is 43.2 Å². The molecule has 0 bridgehead atoms. The van der Waals surface area contributed by atoms with Crippen LogP contribution in [0.2, 0.25) is 5.02 Å². The lowest BCUT2D eigenvalue weighted by Gasteiger charge is -2.12. The Bertz CT molecular complexity index is 507.